The van der Waals surface area contributed by atoms with E-state index in [0.29, 0.717) is 0 Å². The topological polar surface area (TPSA) is 220 Å². The number of carbonyl (C=O) groups excluding carboxylic acids is 7. The average Bonchev–Trinajstić information content (AvgIpc) is 3.40. The second-order valence-electron chi connectivity index (χ2n) is 9.98. The first-order chi connectivity index (χ1) is 23.2. The summed E-state index contributed by atoms with van der Waals surface area (Å²) in [6.45, 7) is 3.95. The second kappa shape index (κ2) is 23.6. The number of hydrogen-bond donors (Lipinski definition) is 5. The zero-order valence-electron chi connectivity index (χ0n) is 26.7. The molecule has 1 aromatic carbocycles. The number of amides is 7. The van der Waals surface area contributed by atoms with Crippen molar-refractivity contribution in [2.75, 3.05) is 79.2 Å². The minimum absolute atomic E-state index is 0.00316. The zero-order chi connectivity index (χ0) is 35.0. The lowest BCUT2D eigenvalue weighted by Gasteiger charge is -2.19. The molecule has 7 amide bonds. The van der Waals surface area contributed by atoms with E-state index in [1.807, 2.05) is 0 Å². The largest absolute Gasteiger partial charge is 0.379 e. The summed E-state index contributed by atoms with van der Waals surface area (Å²) < 4.78 is 20.9. The van der Waals surface area contributed by atoms with Crippen molar-refractivity contribution in [3.63, 3.8) is 0 Å². The van der Waals surface area contributed by atoms with Crippen molar-refractivity contribution in [3.8, 4) is 0 Å². The molecule has 17 heteroatoms. The predicted octanol–water partition coefficient (Wildman–Crippen LogP) is -2.65. The van der Waals surface area contributed by atoms with Crippen LogP contribution in [-0.2, 0) is 58.9 Å². The lowest BCUT2D eigenvalue weighted by Crippen LogP contribution is -2.52. The van der Waals surface area contributed by atoms with Crippen molar-refractivity contribution < 1.29 is 52.5 Å². The molecule has 1 aromatic rings. The fourth-order valence-corrected chi connectivity index (χ4v) is 3.88. The lowest BCUT2D eigenvalue weighted by atomic mass is 10.1. The van der Waals surface area contributed by atoms with E-state index >= 15 is 0 Å². The molecular formula is C31H43N6O11. The first-order valence-corrected chi connectivity index (χ1v) is 15.2. The quantitative estimate of drug-likeness (QED) is 0.0410. The second-order valence-corrected chi connectivity index (χ2v) is 9.98. The number of imide groups is 1. The maximum atomic E-state index is 12.8. The van der Waals surface area contributed by atoms with Crippen molar-refractivity contribution in [1.82, 2.24) is 31.5 Å². The summed E-state index contributed by atoms with van der Waals surface area (Å²) in [7, 11) is 0. The molecule has 0 spiro atoms. The van der Waals surface area contributed by atoms with E-state index in [1.165, 1.54) is 12.2 Å². The molecule has 263 valence electrons. The summed E-state index contributed by atoms with van der Waals surface area (Å²) in [5.74, 6) is -3.50. The SMILES string of the molecule is [CH2]COCNC(=O)CNC(=O)[C@H](Cc1ccccc1)NC(=O)CNC(=O)CNC(=O)CCOCCOCCOCCN1C(=O)C=CC1=O. The molecular weight excluding hydrogens is 632 g/mol. The van der Waals surface area contributed by atoms with Crippen molar-refractivity contribution >= 4 is 41.4 Å². The Kier molecular flexibility index (Phi) is 19.4. The van der Waals surface area contributed by atoms with Gasteiger partial charge in [0, 0.05) is 31.6 Å². The molecule has 0 fully saturated rings. The van der Waals surface area contributed by atoms with Gasteiger partial charge in [-0.15, -0.1) is 0 Å². The fourth-order valence-electron chi connectivity index (χ4n) is 3.88. The van der Waals surface area contributed by atoms with Gasteiger partial charge in [0.1, 0.15) is 12.8 Å². The van der Waals surface area contributed by atoms with Gasteiger partial charge in [-0.1, -0.05) is 30.3 Å². The number of nitrogens with zero attached hydrogens (tertiary/aromatic N) is 1. The Labute approximate surface area is 278 Å². The highest BCUT2D eigenvalue weighted by Crippen LogP contribution is 2.04. The molecule has 1 aliphatic rings. The Hall–Kier alpha value is -4.71. The third-order valence-corrected chi connectivity index (χ3v) is 6.34. The number of ether oxygens (including phenoxy) is 4. The van der Waals surface area contributed by atoms with Crippen LogP contribution in [0.4, 0.5) is 0 Å². The lowest BCUT2D eigenvalue weighted by molar-refractivity contribution is -0.138. The Morgan fingerprint density at radius 3 is 1.90 bits per heavy atom. The van der Waals surface area contributed by atoms with Crippen LogP contribution in [0.2, 0.25) is 0 Å². The number of hydrogen-bond acceptors (Lipinski definition) is 11. The molecule has 0 saturated carbocycles. The first-order valence-electron chi connectivity index (χ1n) is 15.2. The molecule has 1 atom stereocenters. The first kappa shape index (κ1) is 39.5. The van der Waals surface area contributed by atoms with Gasteiger partial charge in [-0.2, -0.15) is 0 Å². The smallest absolute Gasteiger partial charge is 0.253 e. The highest BCUT2D eigenvalue weighted by atomic mass is 16.5. The summed E-state index contributed by atoms with van der Waals surface area (Å²) in [4.78, 5) is 85.3. The number of benzene rings is 1. The molecule has 0 unspecified atom stereocenters. The van der Waals surface area contributed by atoms with E-state index in [2.05, 4.69) is 33.5 Å². The molecule has 0 bridgehead atoms. The van der Waals surface area contributed by atoms with Crippen LogP contribution >= 0.6 is 0 Å². The van der Waals surface area contributed by atoms with Gasteiger partial charge in [-0.25, -0.2) is 0 Å². The molecule has 0 saturated heterocycles. The van der Waals surface area contributed by atoms with E-state index in [4.69, 9.17) is 18.9 Å². The van der Waals surface area contributed by atoms with Gasteiger partial charge < -0.3 is 45.5 Å². The standard InChI is InChI=1S/C31H43N6O11/c1-2-45-22-35-27(40)20-34-31(44)24(18-23-6-4-3-5-7-23)36-28(41)21-33-26(39)19-32-25(38)10-12-46-14-16-48-17-15-47-13-11-37-29(42)8-9-30(37)43/h3-9,24H,1-2,10-22H2,(H,32,38)(H,33,39)(H,34,44)(H,35,40)(H,36,41)/t24-/m0/s1. The van der Waals surface area contributed by atoms with Crippen LogP contribution in [0.25, 0.3) is 0 Å². The predicted molar refractivity (Wildman–Crippen MR) is 168 cm³/mol. The molecule has 17 nitrogen and oxygen atoms in total. The van der Waals surface area contributed by atoms with Crippen molar-refractivity contribution in [1.29, 1.82) is 0 Å². The molecule has 0 aliphatic carbocycles. The molecule has 1 radical (unpaired) electrons. The van der Waals surface area contributed by atoms with E-state index < -0.39 is 42.1 Å². The molecule has 0 aromatic heterocycles. The van der Waals surface area contributed by atoms with Gasteiger partial charge in [-0.3, -0.25) is 38.5 Å². The summed E-state index contributed by atoms with van der Waals surface area (Å²) in [5, 5.41) is 12.3. The number of nitrogens with one attached hydrogen (secondary N) is 5. The summed E-state index contributed by atoms with van der Waals surface area (Å²) >= 11 is 0. The van der Waals surface area contributed by atoms with E-state index in [9.17, 15) is 33.6 Å². The van der Waals surface area contributed by atoms with Crippen LogP contribution in [0.15, 0.2) is 42.5 Å². The number of carbonyl (C=O) groups is 7. The van der Waals surface area contributed by atoms with Crippen LogP contribution in [-0.4, -0.2) is 131 Å². The Morgan fingerprint density at radius 1 is 0.667 bits per heavy atom. The van der Waals surface area contributed by atoms with Crippen LogP contribution < -0.4 is 26.6 Å². The van der Waals surface area contributed by atoms with Gasteiger partial charge in [0.2, 0.25) is 29.5 Å². The van der Waals surface area contributed by atoms with E-state index in [1.54, 1.807) is 30.3 Å². The van der Waals surface area contributed by atoms with Gasteiger partial charge in [0.25, 0.3) is 11.8 Å². The van der Waals surface area contributed by atoms with Gasteiger partial charge in [0.05, 0.1) is 65.8 Å². The minimum atomic E-state index is -1.03. The van der Waals surface area contributed by atoms with Crippen LogP contribution in [0.1, 0.15) is 12.0 Å². The average molecular weight is 676 g/mol. The van der Waals surface area contributed by atoms with Crippen molar-refractivity contribution in [3.05, 3.63) is 55.0 Å². The van der Waals surface area contributed by atoms with Gasteiger partial charge >= 0.3 is 0 Å². The maximum absolute atomic E-state index is 12.8. The van der Waals surface area contributed by atoms with Crippen molar-refractivity contribution in [2.24, 2.45) is 0 Å². The zero-order valence-corrected chi connectivity index (χ0v) is 26.7. The molecule has 2 rings (SSSR count). The van der Waals surface area contributed by atoms with Crippen LogP contribution in [0.5, 0.6) is 0 Å². The number of rotatable bonds is 25. The summed E-state index contributed by atoms with van der Waals surface area (Å²) in [6.07, 6.45) is 2.56. The summed E-state index contributed by atoms with van der Waals surface area (Å²) in [5.41, 5.74) is 0.766. The van der Waals surface area contributed by atoms with Crippen LogP contribution in [0.3, 0.4) is 0 Å². The third kappa shape index (κ3) is 17.3. The highest BCUT2D eigenvalue weighted by molar-refractivity contribution is 6.12. The third-order valence-electron chi connectivity index (χ3n) is 6.34. The Bertz CT molecular complexity index is 1230. The highest BCUT2D eigenvalue weighted by Gasteiger charge is 2.23. The monoisotopic (exact) mass is 675 g/mol. The van der Waals surface area contributed by atoms with E-state index in [0.717, 1.165) is 10.5 Å². The molecule has 5 N–H and O–H groups in total. The Balaban J connectivity index is 1.55. The fraction of sp³-hybridized carbons (Fsp3) is 0.484. The molecule has 48 heavy (non-hydrogen) atoms. The van der Waals surface area contributed by atoms with Crippen LogP contribution in [0, 0.1) is 6.92 Å². The normalized spacial score (nSPS) is 12.8. The minimum Gasteiger partial charge on any atom is -0.379 e. The van der Waals surface area contributed by atoms with Gasteiger partial charge in [0.15, 0.2) is 0 Å². The Morgan fingerprint density at radius 2 is 1.23 bits per heavy atom. The summed E-state index contributed by atoms with van der Waals surface area (Å²) in [6, 6.07) is 7.91. The maximum Gasteiger partial charge on any atom is 0.253 e. The van der Waals surface area contributed by atoms with E-state index in [-0.39, 0.29) is 97.3 Å². The molecule has 1 heterocycles. The van der Waals surface area contributed by atoms with Crippen molar-refractivity contribution in [2.45, 2.75) is 18.9 Å². The van der Waals surface area contributed by atoms with Gasteiger partial charge in [-0.05, 0) is 12.5 Å². The molecule has 1 aliphatic heterocycles.